The van der Waals surface area contributed by atoms with E-state index in [0.29, 0.717) is 18.4 Å². The number of hydrogen-bond acceptors (Lipinski definition) is 8. The van der Waals surface area contributed by atoms with Gasteiger partial charge >= 0.3 is 0 Å². The van der Waals surface area contributed by atoms with Gasteiger partial charge in [0.1, 0.15) is 35.9 Å². The van der Waals surface area contributed by atoms with Crippen LogP contribution in [0.1, 0.15) is 66.2 Å². The Bertz CT molecular complexity index is 799. The summed E-state index contributed by atoms with van der Waals surface area (Å²) in [5.41, 5.74) is -0.784. The second kappa shape index (κ2) is 12.7. The van der Waals surface area contributed by atoms with Crippen molar-refractivity contribution in [2.45, 2.75) is 114 Å². The number of carbonyl (C=O) groups excluding carboxylic acids is 1. The van der Waals surface area contributed by atoms with Gasteiger partial charge in [0.25, 0.3) is 0 Å². The van der Waals surface area contributed by atoms with Crippen LogP contribution in [0.4, 0.5) is 0 Å². The minimum absolute atomic E-state index is 0.126. The Balaban J connectivity index is 1.53. The smallest absolute Gasteiger partial charge is 0.240 e. The summed E-state index contributed by atoms with van der Waals surface area (Å²) in [5.74, 6) is 1.69. The van der Waals surface area contributed by atoms with Crippen LogP contribution in [0.25, 0.3) is 0 Å². The van der Waals surface area contributed by atoms with Gasteiger partial charge in [0.2, 0.25) is 5.91 Å². The zero-order valence-corrected chi connectivity index (χ0v) is 23.7. The molecule has 0 aromatic heterocycles. The van der Waals surface area contributed by atoms with Gasteiger partial charge in [-0.05, 0) is 62.0 Å². The Labute approximate surface area is 226 Å². The lowest BCUT2D eigenvalue weighted by molar-refractivity contribution is -0.207. The van der Waals surface area contributed by atoms with Gasteiger partial charge in [-0.3, -0.25) is 4.79 Å². The van der Waals surface area contributed by atoms with Crippen molar-refractivity contribution in [2.24, 2.45) is 23.2 Å². The van der Waals surface area contributed by atoms with E-state index in [1.807, 2.05) is 6.92 Å². The van der Waals surface area contributed by atoms with Gasteiger partial charge in [0.15, 0.2) is 0 Å². The molecule has 0 radical (unpaired) electrons. The van der Waals surface area contributed by atoms with Crippen LogP contribution in [-0.4, -0.2) is 88.2 Å². The molecule has 11 atom stereocenters. The van der Waals surface area contributed by atoms with E-state index in [0.717, 1.165) is 44.4 Å². The third kappa shape index (κ3) is 6.73. The monoisotopic (exact) mass is 540 g/mol. The highest BCUT2D eigenvalue weighted by Gasteiger charge is 2.53. The normalized spacial score (nSPS) is 46.3. The van der Waals surface area contributed by atoms with E-state index in [2.05, 4.69) is 43.6 Å². The number of aliphatic hydroxyl groups excluding tert-OH is 3. The van der Waals surface area contributed by atoms with Gasteiger partial charge in [0, 0.05) is 18.6 Å². The molecule has 4 rings (SSSR count). The molecule has 9 heteroatoms. The average molecular weight is 541 g/mol. The average Bonchev–Trinajstić information content (AvgIpc) is 3.07. The molecule has 8 nitrogen and oxygen atoms in total. The second-order valence-electron chi connectivity index (χ2n) is 12.4. The molecule has 0 aromatic carbocycles. The van der Waals surface area contributed by atoms with E-state index in [1.165, 1.54) is 18.2 Å². The molecular weight excluding hydrogens is 492 g/mol. The fourth-order valence-corrected chi connectivity index (χ4v) is 7.90. The van der Waals surface area contributed by atoms with E-state index >= 15 is 0 Å². The first-order valence-corrected chi connectivity index (χ1v) is 15.3. The van der Waals surface area contributed by atoms with Gasteiger partial charge in [-0.25, -0.2) is 0 Å². The highest BCUT2D eigenvalue weighted by atomic mass is 32.2. The summed E-state index contributed by atoms with van der Waals surface area (Å²) < 4.78 is 12.5. The zero-order valence-electron chi connectivity index (χ0n) is 22.8. The maximum atomic E-state index is 13.8. The molecule has 4 aliphatic rings. The van der Waals surface area contributed by atoms with Gasteiger partial charge < -0.3 is 35.4 Å². The summed E-state index contributed by atoms with van der Waals surface area (Å²) >= 11 is 1.46. The SMILES string of the molecule is CC(C)C[C@@H]1CCO[C@H]2[C@@H](C(=O)N[C@H]3C4OC(SCCCC/C=C/[C@H]3C)C(O)C(O)C4O)NC[C@]2(C)C1. The Hall–Kier alpha value is -0.680. The number of rotatable bonds is 4. The van der Waals surface area contributed by atoms with Crippen molar-refractivity contribution in [3.8, 4) is 0 Å². The van der Waals surface area contributed by atoms with Crippen molar-refractivity contribution in [1.82, 2.24) is 10.6 Å². The number of amides is 1. The van der Waals surface area contributed by atoms with Crippen LogP contribution < -0.4 is 10.6 Å². The zero-order chi connectivity index (χ0) is 26.7. The van der Waals surface area contributed by atoms with Crippen LogP contribution in [0, 0.1) is 23.2 Å². The fourth-order valence-electron chi connectivity index (χ4n) is 6.73. The summed E-state index contributed by atoms with van der Waals surface area (Å²) in [6.07, 6.45) is 5.42. The first-order chi connectivity index (χ1) is 17.6. The number of ether oxygens (including phenoxy) is 2. The highest BCUT2D eigenvalue weighted by molar-refractivity contribution is 7.99. The fraction of sp³-hybridized carbons (Fsp3) is 0.893. The first kappa shape index (κ1) is 29.3. The Morgan fingerprint density at radius 2 is 2.00 bits per heavy atom. The maximum Gasteiger partial charge on any atom is 0.240 e. The molecule has 4 aliphatic heterocycles. The molecule has 1 amide bonds. The Morgan fingerprint density at radius 1 is 1.22 bits per heavy atom. The van der Waals surface area contributed by atoms with Crippen molar-refractivity contribution in [3.05, 3.63) is 12.2 Å². The lowest BCUT2D eigenvalue weighted by Crippen LogP contribution is -2.65. The third-order valence-corrected chi connectivity index (χ3v) is 9.95. The molecule has 4 heterocycles. The summed E-state index contributed by atoms with van der Waals surface area (Å²) in [5, 5.41) is 38.8. The molecule has 3 saturated heterocycles. The molecule has 3 fully saturated rings. The summed E-state index contributed by atoms with van der Waals surface area (Å²) in [4.78, 5) is 13.8. The van der Waals surface area contributed by atoms with Gasteiger partial charge in [0.05, 0.1) is 12.1 Å². The number of hydrogen-bond donors (Lipinski definition) is 5. The van der Waals surface area contributed by atoms with Crippen molar-refractivity contribution in [1.29, 1.82) is 0 Å². The lowest BCUT2D eigenvalue weighted by atomic mass is 9.75. The van der Waals surface area contributed by atoms with Crippen LogP contribution in [0.15, 0.2) is 12.2 Å². The number of fused-ring (bicyclic) bond motifs is 3. The van der Waals surface area contributed by atoms with Gasteiger partial charge in [-0.1, -0.05) is 39.8 Å². The van der Waals surface area contributed by atoms with Crippen LogP contribution in [-0.2, 0) is 14.3 Å². The summed E-state index contributed by atoms with van der Waals surface area (Å²) in [6.45, 7) is 10.1. The van der Waals surface area contributed by atoms with E-state index in [4.69, 9.17) is 9.47 Å². The molecule has 0 saturated carbocycles. The molecule has 0 spiro atoms. The standard InChI is InChI=1S/C28H48N2O6S/c1-16(2)13-18-10-11-35-25-20(29-15-28(25,4)14-18)26(34)30-19-17(3)9-7-5-6-8-12-37-27-23(33)21(31)22(32)24(19)36-27/h7,9,16-25,27,29,31-33H,5-6,8,10-15H2,1-4H3,(H,30,34)/b9-7+/t17-,18+,19-,20+,21?,22?,23?,24?,25+,27?,28+/m1/s1. The lowest BCUT2D eigenvalue weighted by Gasteiger charge is -2.45. The molecule has 0 aromatic rings. The molecule has 2 bridgehead atoms. The van der Waals surface area contributed by atoms with Crippen molar-refractivity contribution in [2.75, 3.05) is 18.9 Å². The van der Waals surface area contributed by atoms with Crippen LogP contribution in [0.3, 0.4) is 0 Å². The molecule has 212 valence electrons. The largest absolute Gasteiger partial charge is 0.388 e. The quantitative estimate of drug-likeness (QED) is 0.344. The van der Waals surface area contributed by atoms with Crippen molar-refractivity contribution in [3.63, 3.8) is 0 Å². The van der Waals surface area contributed by atoms with E-state index in [9.17, 15) is 20.1 Å². The molecule has 5 N–H and O–H groups in total. The predicted octanol–water partition coefficient (Wildman–Crippen LogP) is 2.21. The molecular formula is C28H48N2O6S. The maximum absolute atomic E-state index is 13.8. The Morgan fingerprint density at radius 3 is 2.76 bits per heavy atom. The number of nitrogens with one attached hydrogen (secondary N) is 2. The Kier molecular flexibility index (Phi) is 10.0. The molecule has 0 aliphatic carbocycles. The van der Waals surface area contributed by atoms with E-state index in [1.54, 1.807) is 0 Å². The minimum Gasteiger partial charge on any atom is -0.388 e. The van der Waals surface area contributed by atoms with Gasteiger partial charge in [-0.2, -0.15) is 0 Å². The predicted molar refractivity (Wildman–Crippen MR) is 145 cm³/mol. The number of thioether (sulfide) groups is 1. The van der Waals surface area contributed by atoms with Crippen molar-refractivity contribution >= 4 is 17.7 Å². The summed E-state index contributed by atoms with van der Waals surface area (Å²) in [7, 11) is 0. The highest BCUT2D eigenvalue weighted by Crippen LogP contribution is 2.42. The van der Waals surface area contributed by atoms with Gasteiger partial charge in [-0.15, -0.1) is 11.8 Å². The van der Waals surface area contributed by atoms with Crippen LogP contribution in [0.5, 0.6) is 0 Å². The minimum atomic E-state index is -1.34. The van der Waals surface area contributed by atoms with Crippen LogP contribution in [0.2, 0.25) is 0 Å². The van der Waals surface area contributed by atoms with Crippen LogP contribution >= 0.6 is 11.8 Å². The number of carbonyl (C=O) groups is 1. The number of aliphatic hydroxyl groups is 3. The number of allylic oxidation sites excluding steroid dienone is 1. The summed E-state index contributed by atoms with van der Waals surface area (Å²) in [6, 6.07) is -1.07. The third-order valence-electron chi connectivity index (χ3n) is 8.70. The molecule has 37 heavy (non-hydrogen) atoms. The second-order valence-corrected chi connectivity index (χ2v) is 13.6. The first-order valence-electron chi connectivity index (χ1n) is 14.2. The van der Waals surface area contributed by atoms with E-state index < -0.39 is 41.9 Å². The topological polar surface area (TPSA) is 120 Å². The van der Waals surface area contributed by atoms with E-state index in [-0.39, 0.29) is 23.3 Å². The molecule has 5 unspecified atom stereocenters. The van der Waals surface area contributed by atoms with Crippen molar-refractivity contribution < 1.29 is 29.6 Å².